The summed E-state index contributed by atoms with van der Waals surface area (Å²) in [5, 5.41) is 0. The van der Waals surface area contributed by atoms with Crippen molar-refractivity contribution in [3.8, 4) is 0 Å². The SMILES string of the molecule is CC/C=C\C/C=C\C/C=C\CCCCCCCC(=O)OCC(COC(=O)CCCCCCCCCCCCC/C=C\C/C=C\CCCCCCC)OC(=O)CCCCCCCCCCCCCCCCCCCCC. The van der Waals surface area contributed by atoms with Crippen molar-refractivity contribution in [3.63, 3.8) is 0 Å². The van der Waals surface area contributed by atoms with Crippen molar-refractivity contribution >= 4 is 17.9 Å². The molecule has 75 heavy (non-hydrogen) atoms. The molecule has 0 saturated carbocycles. The molecule has 0 heterocycles. The molecule has 436 valence electrons. The van der Waals surface area contributed by atoms with Gasteiger partial charge < -0.3 is 14.2 Å². The van der Waals surface area contributed by atoms with Crippen LogP contribution in [0.1, 0.15) is 342 Å². The quantitative estimate of drug-likeness (QED) is 0.0261. The van der Waals surface area contributed by atoms with Gasteiger partial charge in [-0.15, -0.1) is 0 Å². The zero-order valence-electron chi connectivity index (χ0n) is 50.1. The molecule has 0 aromatic carbocycles. The van der Waals surface area contributed by atoms with Gasteiger partial charge in [-0.3, -0.25) is 14.4 Å². The Balaban J connectivity index is 4.32. The van der Waals surface area contributed by atoms with Crippen LogP contribution < -0.4 is 0 Å². The van der Waals surface area contributed by atoms with Gasteiger partial charge in [0, 0.05) is 19.3 Å². The van der Waals surface area contributed by atoms with E-state index in [9.17, 15) is 14.4 Å². The number of unbranched alkanes of at least 4 members (excludes halogenated alkanes) is 39. The predicted octanol–water partition coefficient (Wildman–Crippen LogP) is 22.3. The van der Waals surface area contributed by atoms with E-state index >= 15 is 0 Å². The summed E-state index contributed by atoms with van der Waals surface area (Å²) in [6.07, 6.45) is 80.9. The summed E-state index contributed by atoms with van der Waals surface area (Å²) < 4.78 is 16.9. The molecule has 0 fully saturated rings. The number of esters is 3. The molecule has 1 atom stereocenters. The van der Waals surface area contributed by atoms with Gasteiger partial charge in [0.2, 0.25) is 0 Å². The molecule has 0 aliphatic heterocycles. The molecule has 0 aromatic rings. The summed E-state index contributed by atoms with van der Waals surface area (Å²) in [7, 11) is 0. The predicted molar refractivity (Wildman–Crippen MR) is 325 cm³/mol. The number of hydrogen-bond acceptors (Lipinski definition) is 6. The maximum absolute atomic E-state index is 12.9. The third-order valence-electron chi connectivity index (χ3n) is 14.5. The highest BCUT2D eigenvalue weighted by Gasteiger charge is 2.19. The van der Waals surface area contributed by atoms with Gasteiger partial charge in [0.05, 0.1) is 0 Å². The second kappa shape index (κ2) is 63.6. The van der Waals surface area contributed by atoms with Crippen LogP contribution in [0.3, 0.4) is 0 Å². The molecule has 0 aliphatic carbocycles. The third kappa shape index (κ3) is 61.8. The first-order valence-corrected chi connectivity index (χ1v) is 32.8. The lowest BCUT2D eigenvalue weighted by atomic mass is 10.0. The lowest BCUT2D eigenvalue weighted by Crippen LogP contribution is -2.30. The second-order valence-electron chi connectivity index (χ2n) is 22.0. The Morgan fingerprint density at radius 2 is 0.520 bits per heavy atom. The number of carbonyl (C=O) groups is 3. The lowest BCUT2D eigenvalue weighted by molar-refractivity contribution is -0.167. The lowest BCUT2D eigenvalue weighted by Gasteiger charge is -2.18. The summed E-state index contributed by atoms with van der Waals surface area (Å²) in [5.74, 6) is -0.876. The fourth-order valence-electron chi connectivity index (χ4n) is 9.61. The molecule has 0 saturated heterocycles. The van der Waals surface area contributed by atoms with Crippen molar-refractivity contribution in [3.05, 3.63) is 60.8 Å². The number of rotatable bonds is 60. The largest absolute Gasteiger partial charge is 0.462 e. The standard InChI is InChI=1S/C69H124O6/c1-4-7-10-13-16-19-22-25-28-30-32-33-34-35-37-38-41-44-47-50-53-56-59-62-68(71)74-65-66(64-73-67(70)61-58-55-52-49-46-43-40-27-24-21-18-15-12-9-6-3)75-69(72)63-60-57-54-51-48-45-42-39-36-31-29-26-23-20-17-14-11-8-5-2/h9,12,18,21-22,25,27,30,32,40,66H,4-8,10-11,13-17,19-20,23-24,26,28-29,31,33-39,41-65H2,1-3H3/b12-9-,21-18-,25-22-,32-30-,40-27-. The molecule has 0 radical (unpaired) electrons. The summed E-state index contributed by atoms with van der Waals surface area (Å²) in [4.78, 5) is 38.3. The maximum atomic E-state index is 12.9. The minimum Gasteiger partial charge on any atom is -0.462 e. The molecule has 0 N–H and O–H groups in total. The number of ether oxygens (including phenoxy) is 3. The highest BCUT2D eigenvalue weighted by molar-refractivity contribution is 5.71. The van der Waals surface area contributed by atoms with E-state index in [4.69, 9.17) is 14.2 Å². The van der Waals surface area contributed by atoms with E-state index in [2.05, 4.69) is 81.5 Å². The van der Waals surface area contributed by atoms with E-state index in [1.165, 1.54) is 199 Å². The van der Waals surface area contributed by atoms with Crippen LogP contribution in [0.4, 0.5) is 0 Å². The summed E-state index contributed by atoms with van der Waals surface area (Å²) >= 11 is 0. The van der Waals surface area contributed by atoms with Gasteiger partial charge in [0.25, 0.3) is 0 Å². The molecule has 0 bridgehead atoms. The summed E-state index contributed by atoms with van der Waals surface area (Å²) in [6, 6.07) is 0. The van der Waals surface area contributed by atoms with Crippen LogP contribution in [0, 0.1) is 0 Å². The van der Waals surface area contributed by atoms with E-state index < -0.39 is 6.10 Å². The van der Waals surface area contributed by atoms with Gasteiger partial charge in [-0.1, -0.05) is 300 Å². The number of carbonyl (C=O) groups excluding carboxylic acids is 3. The Hall–Kier alpha value is -2.89. The van der Waals surface area contributed by atoms with Crippen molar-refractivity contribution in [2.75, 3.05) is 13.2 Å². The Labute approximate surface area is 466 Å². The van der Waals surface area contributed by atoms with Crippen LogP contribution in [-0.2, 0) is 28.6 Å². The van der Waals surface area contributed by atoms with Crippen LogP contribution >= 0.6 is 0 Å². The van der Waals surface area contributed by atoms with E-state index in [-0.39, 0.29) is 31.1 Å². The van der Waals surface area contributed by atoms with Crippen LogP contribution in [0.15, 0.2) is 60.8 Å². The monoisotopic (exact) mass is 1050 g/mol. The molecule has 0 spiro atoms. The fourth-order valence-corrected chi connectivity index (χ4v) is 9.61. The van der Waals surface area contributed by atoms with Crippen LogP contribution in [0.25, 0.3) is 0 Å². The number of allylic oxidation sites excluding steroid dienone is 10. The molecule has 0 rings (SSSR count). The maximum Gasteiger partial charge on any atom is 0.306 e. The van der Waals surface area contributed by atoms with E-state index in [0.717, 1.165) is 103 Å². The van der Waals surface area contributed by atoms with Gasteiger partial charge in [0.15, 0.2) is 6.10 Å². The molecule has 0 amide bonds. The Morgan fingerprint density at radius 3 is 0.813 bits per heavy atom. The Kier molecular flexibility index (Phi) is 61.2. The first kappa shape index (κ1) is 72.1. The normalized spacial score (nSPS) is 12.4. The molecule has 6 nitrogen and oxygen atoms in total. The topological polar surface area (TPSA) is 78.9 Å². The van der Waals surface area contributed by atoms with Gasteiger partial charge in [0.1, 0.15) is 13.2 Å². The average molecular weight is 1050 g/mol. The first-order valence-electron chi connectivity index (χ1n) is 32.8. The van der Waals surface area contributed by atoms with E-state index in [1.807, 2.05) is 0 Å². The van der Waals surface area contributed by atoms with Gasteiger partial charge in [-0.2, -0.15) is 0 Å². The van der Waals surface area contributed by atoms with Gasteiger partial charge in [-0.25, -0.2) is 0 Å². The van der Waals surface area contributed by atoms with Crippen molar-refractivity contribution < 1.29 is 28.6 Å². The van der Waals surface area contributed by atoms with Crippen molar-refractivity contribution in [2.24, 2.45) is 0 Å². The third-order valence-corrected chi connectivity index (χ3v) is 14.5. The smallest absolute Gasteiger partial charge is 0.306 e. The second-order valence-corrected chi connectivity index (χ2v) is 22.0. The van der Waals surface area contributed by atoms with E-state index in [1.54, 1.807) is 0 Å². The zero-order valence-corrected chi connectivity index (χ0v) is 50.1. The molecule has 6 heteroatoms. The Morgan fingerprint density at radius 1 is 0.280 bits per heavy atom. The average Bonchev–Trinajstić information content (AvgIpc) is 3.41. The molecule has 0 aliphatic rings. The van der Waals surface area contributed by atoms with E-state index in [0.29, 0.717) is 19.3 Å². The molecule has 0 aromatic heterocycles. The zero-order chi connectivity index (χ0) is 54.3. The molecule has 1 unspecified atom stereocenters. The van der Waals surface area contributed by atoms with Crippen molar-refractivity contribution in [1.29, 1.82) is 0 Å². The van der Waals surface area contributed by atoms with Gasteiger partial charge in [-0.05, 0) is 83.5 Å². The fraction of sp³-hybridized carbons (Fsp3) is 0.812. The Bertz CT molecular complexity index is 1340. The van der Waals surface area contributed by atoms with Crippen LogP contribution in [0.5, 0.6) is 0 Å². The number of hydrogen-bond donors (Lipinski definition) is 0. The first-order chi connectivity index (χ1) is 37.0. The highest BCUT2D eigenvalue weighted by atomic mass is 16.6. The van der Waals surface area contributed by atoms with Crippen LogP contribution in [-0.4, -0.2) is 37.2 Å². The van der Waals surface area contributed by atoms with Crippen LogP contribution in [0.2, 0.25) is 0 Å². The summed E-state index contributed by atoms with van der Waals surface area (Å²) in [5.41, 5.74) is 0. The van der Waals surface area contributed by atoms with Crippen molar-refractivity contribution in [2.45, 2.75) is 348 Å². The molecular weight excluding hydrogens is 925 g/mol. The minimum absolute atomic E-state index is 0.0776. The minimum atomic E-state index is -0.781. The summed E-state index contributed by atoms with van der Waals surface area (Å²) in [6.45, 7) is 6.56. The molecular formula is C69H124O6. The van der Waals surface area contributed by atoms with Crippen molar-refractivity contribution in [1.82, 2.24) is 0 Å². The highest BCUT2D eigenvalue weighted by Crippen LogP contribution is 2.17. The van der Waals surface area contributed by atoms with Gasteiger partial charge >= 0.3 is 17.9 Å².